The highest BCUT2D eigenvalue weighted by atomic mass is 16.1. The summed E-state index contributed by atoms with van der Waals surface area (Å²) in [5, 5.41) is 6.60. The lowest BCUT2D eigenvalue weighted by molar-refractivity contribution is -0.117. The van der Waals surface area contributed by atoms with Gasteiger partial charge in [0.1, 0.15) is 0 Å². The molecule has 1 aliphatic carbocycles. The molecule has 0 aromatic heterocycles. The fourth-order valence-corrected chi connectivity index (χ4v) is 3.08. The van der Waals surface area contributed by atoms with Gasteiger partial charge < -0.3 is 10.6 Å². The second-order valence-electron chi connectivity index (χ2n) is 6.36. The fraction of sp³-hybridized carbons (Fsp3) is 0.550. The van der Waals surface area contributed by atoms with Gasteiger partial charge in [0.05, 0.1) is 0 Å². The predicted octanol–water partition coefficient (Wildman–Crippen LogP) is 4.12. The third-order valence-corrected chi connectivity index (χ3v) is 4.49. The van der Waals surface area contributed by atoms with E-state index in [0.29, 0.717) is 5.92 Å². The third-order valence-electron chi connectivity index (χ3n) is 4.49. The van der Waals surface area contributed by atoms with Crippen molar-refractivity contribution in [2.24, 2.45) is 0 Å². The van der Waals surface area contributed by atoms with Crippen molar-refractivity contribution in [1.82, 2.24) is 10.6 Å². The Morgan fingerprint density at radius 1 is 1.04 bits per heavy atom. The van der Waals surface area contributed by atoms with E-state index in [2.05, 4.69) is 48.7 Å². The zero-order chi connectivity index (χ0) is 16.5. The molecule has 0 aliphatic heterocycles. The van der Waals surface area contributed by atoms with Gasteiger partial charge in [-0.1, -0.05) is 57.0 Å². The number of unbranched alkanes of at least 4 members (excludes halogenated alkanes) is 2. The van der Waals surface area contributed by atoms with Crippen molar-refractivity contribution in [2.75, 3.05) is 13.1 Å². The van der Waals surface area contributed by atoms with Gasteiger partial charge in [0.15, 0.2) is 0 Å². The maximum atomic E-state index is 12.5. The average Bonchev–Trinajstić information content (AvgIpc) is 3.00. The molecule has 23 heavy (non-hydrogen) atoms. The number of hydrogen-bond donors (Lipinski definition) is 2. The summed E-state index contributed by atoms with van der Waals surface area (Å²) in [5.74, 6) is 0.545. The van der Waals surface area contributed by atoms with Gasteiger partial charge in [-0.2, -0.15) is 0 Å². The van der Waals surface area contributed by atoms with Crippen molar-refractivity contribution in [1.29, 1.82) is 0 Å². The summed E-state index contributed by atoms with van der Waals surface area (Å²) in [6, 6.07) is 10.6. The first kappa shape index (κ1) is 17.6. The molecule has 3 heteroatoms. The Labute approximate surface area is 140 Å². The normalized spacial score (nSPS) is 17.4. The van der Waals surface area contributed by atoms with Gasteiger partial charge in [0, 0.05) is 24.4 Å². The standard InChI is InChI=1S/C20H30N2O/c1-3-5-12-21-19-15-17(16-10-8-7-9-11-16)14-18(19)20(23)22-13-6-4-2/h7-11,17,21H,3-6,12-15H2,1-2H3,(H,22,23). The molecule has 0 saturated carbocycles. The van der Waals surface area contributed by atoms with Crippen LogP contribution in [0.15, 0.2) is 41.6 Å². The molecule has 1 amide bonds. The van der Waals surface area contributed by atoms with Gasteiger partial charge in [0.2, 0.25) is 5.91 Å². The van der Waals surface area contributed by atoms with E-state index in [-0.39, 0.29) is 5.91 Å². The maximum Gasteiger partial charge on any atom is 0.248 e. The molecular formula is C20H30N2O. The number of amides is 1. The summed E-state index contributed by atoms with van der Waals surface area (Å²) in [5.41, 5.74) is 3.45. The molecule has 0 radical (unpaired) electrons. The lowest BCUT2D eigenvalue weighted by Gasteiger charge is -2.11. The van der Waals surface area contributed by atoms with Crippen LogP contribution in [0.4, 0.5) is 0 Å². The highest BCUT2D eigenvalue weighted by molar-refractivity contribution is 5.94. The first-order chi connectivity index (χ1) is 11.3. The Hall–Kier alpha value is -1.77. The smallest absolute Gasteiger partial charge is 0.248 e. The lowest BCUT2D eigenvalue weighted by Crippen LogP contribution is -2.28. The Bertz CT molecular complexity index is 522. The Balaban J connectivity index is 2.04. The van der Waals surface area contributed by atoms with E-state index < -0.39 is 0 Å². The summed E-state index contributed by atoms with van der Waals surface area (Å²) in [7, 11) is 0. The molecule has 2 N–H and O–H groups in total. The molecule has 2 rings (SSSR count). The lowest BCUT2D eigenvalue weighted by atomic mass is 9.95. The van der Waals surface area contributed by atoms with Crippen molar-refractivity contribution < 1.29 is 4.79 Å². The van der Waals surface area contributed by atoms with E-state index in [1.54, 1.807) is 0 Å². The van der Waals surface area contributed by atoms with Crippen LogP contribution in [0, 0.1) is 0 Å². The molecule has 126 valence electrons. The Morgan fingerprint density at radius 3 is 2.43 bits per heavy atom. The Morgan fingerprint density at radius 2 is 1.74 bits per heavy atom. The molecule has 0 bridgehead atoms. The molecule has 3 nitrogen and oxygen atoms in total. The van der Waals surface area contributed by atoms with Gasteiger partial charge >= 0.3 is 0 Å². The minimum absolute atomic E-state index is 0.121. The number of rotatable bonds is 9. The fourth-order valence-electron chi connectivity index (χ4n) is 3.08. The summed E-state index contributed by atoms with van der Waals surface area (Å²) in [6.07, 6.45) is 6.25. The third kappa shape index (κ3) is 5.12. The number of nitrogens with one attached hydrogen (secondary N) is 2. The van der Waals surface area contributed by atoms with Gasteiger partial charge in [-0.15, -0.1) is 0 Å². The van der Waals surface area contributed by atoms with E-state index >= 15 is 0 Å². The van der Waals surface area contributed by atoms with Crippen molar-refractivity contribution >= 4 is 5.91 Å². The highest BCUT2D eigenvalue weighted by Crippen LogP contribution is 2.37. The van der Waals surface area contributed by atoms with Crippen LogP contribution in [0.25, 0.3) is 0 Å². The molecular weight excluding hydrogens is 284 g/mol. The van der Waals surface area contributed by atoms with Crippen LogP contribution < -0.4 is 10.6 Å². The summed E-state index contributed by atoms with van der Waals surface area (Å²) in [6.45, 7) is 6.07. The number of allylic oxidation sites excluding steroid dienone is 1. The SMILES string of the molecule is CCCCNC(=O)C1=C(NCCCC)CC(c2ccccc2)C1. The molecule has 1 aromatic carbocycles. The van der Waals surface area contributed by atoms with Crippen molar-refractivity contribution in [3.8, 4) is 0 Å². The largest absolute Gasteiger partial charge is 0.388 e. The average molecular weight is 314 g/mol. The van der Waals surface area contributed by atoms with Crippen LogP contribution in [0.1, 0.15) is 63.9 Å². The van der Waals surface area contributed by atoms with Crippen molar-refractivity contribution in [3.63, 3.8) is 0 Å². The number of hydrogen-bond acceptors (Lipinski definition) is 2. The molecule has 1 aromatic rings. The number of carbonyl (C=O) groups excluding carboxylic acids is 1. The highest BCUT2D eigenvalue weighted by Gasteiger charge is 2.29. The van der Waals surface area contributed by atoms with Crippen LogP contribution in [0.5, 0.6) is 0 Å². The molecule has 1 atom stereocenters. The van der Waals surface area contributed by atoms with E-state index in [1.165, 1.54) is 12.0 Å². The van der Waals surface area contributed by atoms with Crippen LogP contribution in [0.3, 0.4) is 0 Å². The number of benzene rings is 1. The van der Waals surface area contributed by atoms with Gasteiger partial charge in [-0.3, -0.25) is 4.79 Å². The second-order valence-corrected chi connectivity index (χ2v) is 6.36. The molecule has 0 heterocycles. The van der Waals surface area contributed by atoms with Gasteiger partial charge in [-0.05, 0) is 37.2 Å². The van der Waals surface area contributed by atoms with E-state index in [4.69, 9.17) is 0 Å². The van der Waals surface area contributed by atoms with Gasteiger partial charge in [-0.25, -0.2) is 0 Å². The summed E-state index contributed by atoms with van der Waals surface area (Å²) in [4.78, 5) is 12.5. The van der Waals surface area contributed by atoms with E-state index in [9.17, 15) is 4.79 Å². The monoisotopic (exact) mass is 314 g/mol. The van der Waals surface area contributed by atoms with E-state index in [1.807, 2.05) is 6.07 Å². The van der Waals surface area contributed by atoms with Crippen LogP contribution in [-0.4, -0.2) is 19.0 Å². The summed E-state index contributed by atoms with van der Waals surface area (Å²) < 4.78 is 0. The predicted molar refractivity (Wildman–Crippen MR) is 96.3 cm³/mol. The maximum absolute atomic E-state index is 12.5. The number of carbonyl (C=O) groups is 1. The molecule has 0 spiro atoms. The zero-order valence-corrected chi connectivity index (χ0v) is 14.5. The summed E-state index contributed by atoms with van der Waals surface area (Å²) >= 11 is 0. The van der Waals surface area contributed by atoms with Crippen molar-refractivity contribution in [2.45, 2.75) is 58.3 Å². The first-order valence-electron chi connectivity index (χ1n) is 9.05. The minimum atomic E-state index is 0.121. The van der Waals surface area contributed by atoms with Gasteiger partial charge in [0.25, 0.3) is 0 Å². The molecule has 0 fully saturated rings. The Kier molecular flexibility index (Phi) is 7.18. The zero-order valence-electron chi connectivity index (χ0n) is 14.5. The van der Waals surface area contributed by atoms with Crippen molar-refractivity contribution in [3.05, 3.63) is 47.2 Å². The second kappa shape index (κ2) is 9.39. The van der Waals surface area contributed by atoms with E-state index in [0.717, 1.165) is 56.5 Å². The molecule has 1 aliphatic rings. The minimum Gasteiger partial charge on any atom is -0.388 e. The quantitative estimate of drug-likeness (QED) is 0.673. The molecule has 0 saturated heterocycles. The van der Waals surface area contributed by atoms with Crippen LogP contribution >= 0.6 is 0 Å². The topological polar surface area (TPSA) is 41.1 Å². The van der Waals surface area contributed by atoms with Crippen LogP contribution in [-0.2, 0) is 4.79 Å². The van der Waals surface area contributed by atoms with Crippen LogP contribution in [0.2, 0.25) is 0 Å². The first-order valence-corrected chi connectivity index (χ1v) is 9.05. The molecule has 1 unspecified atom stereocenters.